The highest BCUT2D eigenvalue weighted by Crippen LogP contribution is 2.12. The minimum Gasteiger partial charge on any atom is -0.467 e. The van der Waals surface area contributed by atoms with Crippen molar-refractivity contribution in [1.82, 2.24) is 5.32 Å². The lowest BCUT2D eigenvalue weighted by molar-refractivity contribution is -0.142. The standard InChI is InChI=1S/C17H15ClINO3/c1-23-17(22)15(10-11-2-8-14(19)9-3-11)20-16(21)12-4-6-13(18)7-5-12/h2-9,15H,10H2,1H3,(H,20,21)/t15-/m0/s1. The predicted octanol–water partition coefficient (Wildman–Crippen LogP) is 3.46. The van der Waals surface area contributed by atoms with Gasteiger partial charge in [-0.05, 0) is 64.6 Å². The van der Waals surface area contributed by atoms with Gasteiger partial charge in [0.25, 0.3) is 5.91 Å². The molecule has 0 aromatic heterocycles. The zero-order valence-corrected chi connectivity index (χ0v) is 15.3. The first-order valence-corrected chi connectivity index (χ1v) is 8.34. The van der Waals surface area contributed by atoms with Crippen LogP contribution >= 0.6 is 34.2 Å². The summed E-state index contributed by atoms with van der Waals surface area (Å²) in [5.74, 6) is -0.826. The van der Waals surface area contributed by atoms with E-state index in [4.69, 9.17) is 16.3 Å². The average molecular weight is 444 g/mol. The molecule has 1 N–H and O–H groups in total. The first-order valence-electron chi connectivity index (χ1n) is 6.88. The molecule has 2 aromatic rings. The number of hydrogen-bond acceptors (Lipinski definition) is 3. The Hall–Kier alpha value is -1.60. The Kier molecular flexibility index (Phi) is 6.41. The third kappa shape index (κ3) is 5.21. The summed E-state index contributed by atoms with van der Waals surface area (Å²) in [5, 5.41) is 3.25. The molecule has 23 heavy (non-hydrogen) atoms. The van der Waals surface area contributed by atoms with Gasteiger partial charge in [0.05, 0.1) is 7.11 Å². The molecule has 0 aliphatic rings. The van der Waals surface area contributed by atoms with Crippen molar-refractivity contribution in [2.24, 2.45) is 0 Å². The van der Waals surface area contributed by atoms with Crippen molar-refractivity contribution >= 4 is 46.1 Å². The summed E-state index contributed by atoms with van der Waals surface area (Å²) < 4.78 is 5.89. The molecule has 0 aliphatic carbocycles. The smallest absolute Gasteiger partial charge is 0.328 e. The van der Waals surface area contributed by atoms with Crippen LogP contribution in [0.4, 0.5) is 0 Å². The van der Waals surface area contributed by atoms with Gasteiger partial charge in [-0.2, -0.15) is 0 Å². The Morgan fingerprint density at radius 3 is 2.30 bits per heavy atom. The van der Waals surface area contributed by atoms with Crippen molar-refractivity contribution in [3.8, 4) is 0 Å². The van der Waals surface area contributed by atoms with Crippen LogP contribution in [-0.4, -0.2) is 25.0 Å². The van der Waals surface area contributed by atoms with Crippen molar-refractivity contribution in [3.05, 3.63) is 68.3 Å². The van der Waals surface area contributed by atoms with E-state index in [1.165, 1.54) is 7.11 Å². The molecule has 120 valence electrons. The lowest BCUT2D eigenvalue weighted by Crippen LogP contribution is -2.43. The first-order chi connectivity index (χ1) is 11.0. The largest absolute Gasteiger partial charge is 0.467 e. The van der Waals surface area contributed by atoms with E-state index in [1.54, 1.807) is 24.3 Å². The van der Waals surface area contributed by atoms with E-state index in [9.17, 15) is 9.59 Å². The minimum atomic E-state index is -0.747. The number of nitrogens with one attached hydrogen (secondary N) is 1. The van der Waals surface area contributed by atoms with Crippen LogP contribution in [0, 0.1) is 3.57 Å². The molecule has 1 atom stereocenters. The summed E-state index contributed by atoms with van der Waals surface area (Å²) in [4.78, 5) is 24.2. The maximum absolute atomic E-state index is 12.3. The van der Waals surface area contributed by atoms with E-state index in [0.717, 1.165) is 9.13 Å². The molecule has 0 radical (unpaired) electrons. The molecule has 0 bridgehead atoms. The number of hydrogen-bond donors (Lipinski definition) is 1. The Morgan fingerprint density at radius 1 is 1.13 bits per heavy atom. The van der Waals surface area contributed by atoms with Gasteiger partial charge in [-0.1, -0.05) is 23.7 Å². The van der Waals surface area contributed by atoms with Crippen LogP contribution in [0.25, 0.3) is 0 Å². The number of esters is 1. The van der Waals surface area contributed by atoms with Crippen LogP contribution in [0.15, 0.2) is 48.5 Å². The number of rotatable bonds is 5. The lowest BCUT2D eigenvalue weighted by Gasteiger charge is -2.17. The second-order valence-electron chi connectivity index (χ2n) is 4.89. The Morgan fingerprint density at radius 2 is 1.74 bits per heavy atom. The molecular weight excluding hydrogens is 429 g/mol. The van der Waals surface area contributed by atoms with Gasteiger partial charge in [-0.25, -0.2) is 4.79 Å². The Balaban J connectivity index is 2.12. The molecule has 0 saturated heterocycles. The van der Waals surface area contributed by atoms with E-state index in [1.807, 2.05) is 24.3 Å². The fourth-order valence-electron chi connectivity index (χ4n) is 2.03. The number of benzene rings is 2. The number of carbonyl (C=O) groups is 2. The number of carbonyl (C=O) groups excluding carboxylic acids is 2. The molecule has 6 heteroatoms. The highest BCUT2D eigenvalue weighted by Gasteiger charge is 2.22. The molecule has 0 unspecified atom stereocenters. The van der Waals surface area contributed by atoms with E-state index in [0.29, 0.717) is 17.0 Å². The number of ether oxygens (including phenoxy) is 1. The van der Waals surface area contributed by atoms with Gasteiger partial charge in [0.15, 0.2) is 0 Å². The number of amides is 1. The maximum atomic E-state index is 12.3. The van der Waals surface area contributed by atoms with Gasteiger partial charge < -0.3 is 10.1 Å². The van der Waals surface area contributed by atoms with E-state index >= 15 is 0 Å². The molecule has 4 nitrogen and oxygen atoms in total. The van der Waals surface area contributed by atoms with Gasteiger partial charge in [0, 0.05) is 20.6 Å². The SMILES string of the molecule is COC(=O)[C@H](Cc1ccc(I)cc1)NC(=O)c1ccc(Cl)cc1. The van der Waals surface area contributed by atoms with Crippen LogP contribution in [0.5, 0.6) is 0 Å². The van der Waals surface area contributed by atoms with E-state index in [2.05, 4.69) is 27.9 Å². The first kappa shape index (κ1) is 17.7. The van der Waals surface area contributed by atoms with Crippen LogP contribution < -0.4 is 5.32 Å². The Labute approximate surface area is 153 Å². The summed E-state index contributed by atoms with van der Waals surface area (Å²) >= 11 is 8.02. The van der Waals surface area contributed by atoms with Crippen molar-refractivity contribution in [1.29, 1.82) is 0 Å². The van der Waals surface area contributed by atoms with Crippen molar-refractivity contribution in [2.75, 3.05) is 7.11 Å². The summed E-state index contributed by atoms with van der Waals surface area (Å²) in [5.41, 5.74) is 1.38. The van der Waals surface area contributed by atoms with Crippen molar-refractivity contribution in [3.63, 3.8) is 0 Å². The van der Waals surface area contributed by atoms with Crippen LogP contribution in [-0.2, 0) is 16.0 Å². The topological polar surface area (TPSA) is 55.4 Å². The average Bonchev–Trinajstić information content (AvgIpc) is 2.56. The third-order valence-corrected chi connectivity index (χ3v) is 4.22. The number of halogens is 2. The minimum absolute atomic E-state index is 0.345. The molecule has 0 heterocycles. The molecule has 1 amide bonds. The fraction of sp³-hybridized carbons (Fsp3) is 0.176. The highest BCUT2D eigenvalue weighted by atomic mass is 127. The molecule has 2 rings (SSSR count). The summed E-state index contributed by atoms with van der Waals surface area (Å²) in [6.07, 6.45) is 0.364. The summed E-state index contributed by atoms with van der Waals surface area (Å²) in [6.45, 7) is 0. The fourth-order valence-corrected chi connectivity index (χ4v) is 2.52. The van der Waals surface area contributed by atoms with Gasteiger partial charge in [0.1, 0.15) is 6.04 Å². The molecule has 0 spiro atoms. The Bertz CT molecular complexity index is 686. The maximum Gasteiger partial charge on any atom is 0.328 e. The highest BCUT2D eigenvalue weighted by molar-refractivity contribution is 14.1. The van der Waals surface area contributed by atoms with E-state index < -0.39 is 12.0 Å². The third-order valence-electron chi connectivity index (χ3n) is 3.25. The summed E-state index contributed by atoms with van der Waals surface area (Å²) in [6, 6.07) is 13.5. The normalized spacial score (nSPS) is 11.6. The van der Waals surface area contributed by atoms with Crippen molar-refractivity contribution < 1.29 is 14.3 Å². The molecule has 0 saturated carbocycles. The predicted molar refractivity (Wildman–Crippen MR) is 97.6 cm³/mol. The molecule has 0 aliphatic heterocycles. The zero-order chi connectivity index (χ0) is 16.8. The molecule has 2 aromatic carbocycles. The zero-order valence-electron chi connectivity index (χ0n) is 12.4. The van der Waals surface area contributed by atoms with Crippen molar-refractivity contribution in [2.45, 2.75) is 12.5 Å². The lowest BCUT2D eigenvalue weighted by atomic mass is 10.1. The van der Waals surface area contributed by atoms with Crippen LogP contribution in [0.3, 0.4) is 0 Å². The summed E-state index contributed by atoms with van der Waals surface area (Å²) in [7, 11) is 1.30. The monoisotopic (exact) mass is 443 g/mol. The second-order valence-corrected chi connectivity index (χ2v) is 6.57. The van der Waals surface area contributed by atoms with Gasteiger partial charge in [0.2, 0.25) is 0 Å². The molecule has 0 fully saturated rings. The van der Waals surface area contributed by atoms with Gasteiger partial charge in [-0.3, -0.25) is 4.79 Å². The van der Waals surface area contributed by atoms with E-state index in [-0.39, 0.29) is 5.91 Å². The second kappa shape index (κ2) is 8.31. The van der Waals surface area contributed by atoms with Gasteiger partial charge in [-0.15, -0.1) is 0 Å². The van der Waals surface area contributed by atoms with Crippen LogP contribution in [0.1, 0.15) is 15.9 Å². The number of methoxy groups -OCH3 is 1. The van der Waals surface area contributed by atoms with Gasteiger partial charge >= 0.3 is 5.97 Å². The quantitative estimate of drug-likeness (QED) is 0.569. The molecular formula is C17H15ClINO3. The van der Waals surface area contributed by atoms with Crippen LogP contribution in [0.2, 0.25) is 5.02 Å².